The van der Waals surface area contributed by atoms with E-state index in [1.165, 1.54) is 6.07 Å². The summed E-state index contributed by atoms with van der Waals surface area (Å²) in [5.41, 5.74) is 1.77. The molecule has 0 unspecified atom stereocenters. The maximum absolute atomic E-state index is 13.5. The summed E-state index contributed by atoms with van der Waals surface area (Å²) in [4.78, 5) is 24.2. The monoisotopic (exact) mass is 375 g/mol. The molecule has 0 aliphatic heterocycles. The van der Waals surface area contributed by atoms with Gasteiger partial charge in [-0.05, 0) is 36.1 Å². The summed E-state index contributed by atoms with van der Waals surface area (Å²) in [6, 6.07) is 13.8. The van der Waals surface area contributed by atoms with Crippen molar-refractivity contribution in [3.05, 3.63) is 59.9 Å². The van der Waals surface area contributed by atoms with Gasteiger partial charge in [0.1, 0.15) is 5.82 Å². The average molecular weight is 375 g/mol. The van der Waals surface area contributed by atoms with Crippen LogP contribution in [0.1, 0.15) is 31.7 Å². The van der Waals surface area contributed by atoms with E-state index in [2.05, 4.69) is 19.2 Å². The Balaban J connectivity index is 1.82. The minimum absolute atomic E-state index is 0.0579. The first kappa shape index (κ1) is 20.0. The summed E-state index contributed by atoms with van der Waals surface area (Å²) < 4.78 is 18.5. The second-order valence-electron chi connectivity index (χ2n) is 5.82. The van der Waals surface area contributed by atoms with Crippen LogP contribution in [0.4, 0.5) is 10.1 Å². The first-order chi connectivity index (χ1) is 12.5. The fourth-order valence-corrected chi connectivity index (χ4v) is 3.07. The number of para-hydroxylation sites is 1. The summed E-state index contributed by atoms with van der Waals surface area (Å²) in [5, 5.41) is 2.78. The van der Waals surface area contributed by atoms with Crippen LogP contribution < -0.4 is 5.32 Å². The summed E-state index contributed by atoms with van der Waals surface area (Å²) in [6.07, 6.45) is 0.954. The Hall–Kier alpha value is -2.34. The Morgan fingerprint density at radius 2 is 1.85 bits per heavy atom. The van der Waals surface area contributed by atoms with Crippen molar-refractivity contribution in [2.24, 2.45) is 0 Å². The molecule has 26 heavy (non-hydrogen) atoms. The second-order valence-corrected chi connectivity index (χ2v) is 6.84. The lowest BCUT2D eigenvalue weighted by Crippen LogP contribution is -2.22. The van der Waals surface area contributed by atoms with Crippen molar-refractivity contribution in [3.63, 3.8) is 0 Å². The van der Waals surface area contributed by atoms with Gasteiger partial charge < -0.3 is 10.1 Å². The number of amides is 1. The smallest absolute Gasteiger partial charge is 0.316 e. The topological polar surface area (TPSA) is 55.4 Å². The minimum atomic E-state index is -0.566. The number of anilines is 1. The normalized spacial score (nSPS) is 11.7. The molecule has 2 rings (SSSR count). The van der Waals surface area contributed by atoms with E-state index < -0.39 is 11.9 Å². The summed E-state index contributed by atoms with van der Waals surface area (Å²) in [5.74, 6) is -1.10. The molecule has 4 nitrogen and oxygen atoms in total. The van der Waals surface area contributed by atoms with Crippen LogP contribution in [0.25, 0.3) is 0 Å². The van der Waals surface area contributed by atoms with E-state index in [0.717, 1.165) is 29.4 Å². The molecule has 6 heteroatoms. The van der Waals surface area contributed by atoms with Gasteiger partial charge in [0.05, 0.1) is 5.75 Å². The number of halogens is 1. The number of rotatable bonds is 8. The number of carbonyl (C=O) groups is 2. The third-order valence-electron chi connectivity index (χ3n) is 3.92. The molecule has 0 aromatic heterocycles. The third kappa shape index (κ3) is 5.88. The van der Waals surface area contributed by atoms with Crippen LogP contribution in [-0.4, -0.2) is 24.2 Å². The highest BCUT2D eigenvalue weighted by Crippen LogP contribution is 2.26. The molecule has 0 radical (unpaired) electrons. The van der Waals surface area contributed by atoms with Gasteiger partial charge in [-0.2, -0.15) is 0 Å². The molecule has 2 aromatic carbocycles. The number of thioether (sulfide) groups is 1. The number of benzene rings is 2. The Morgan fingerprint density at radius 3 is 2.58 bits per heavy atom. The largest absolute Gasteiger partial charge is 0.455 e. The Kier molecular flexibility index (Phi) is 7.66. The standard InChI is InChI=1S/C20H22FNO3S/c1-3-14(2)15-8-4-6-10-17(15)22-19(23)12-25-20(24)13-26-18-11-7-5-9-16(18)21/h4-11,14H,3,12-13H2,1-2H3,(H,22,23)/t14-/m1/s1. The Bertz CT molecular complexity index is 766. The van der Waals surface area contributed by atoms with Crippen molar-refractivity contribution in [2.75, 3.05) is 17.7 Å². The van der Waals surface area contributed by atoms with Crippen LogP contribution in [0.3, 0.4) is 0 Å². The summed E-state index contributed by atoms with van der Waals surface area (Å²) in [6.45, 7) is 3.80. The average Bonchev–Trinajstić information content (AvgIpc) is 2.65. The summed E-state index contributed by atoms with van der Waals surface area (Å²) in [7, 11) is 0. The van der Waals surface area contributed by atoms with E-state index in [9.17, 15) is 14.0 Å². The van der Waals surface area contributed by atoms with Crippen molar-refractivity contribution < 1.29 is 18.7 Å². The molecule has 0 fully saturated rings. The number of nitrogens with one attached hydrogen (secondary N) is 1. The van der Waals surface area contributed by atoms with Gasteiger partial charge in [0, 0.05) is 10.6 Å². The van der Waals surface area contributed by atoms with E-state index in [0.29, 0.717) is 10.8 Å². The summed E-state index contributed by atoms with van der Waals surface area (Å²) >= 11 is 1.04. The van der Waals surface area contributed by atoms with E-state index >= 15 is 0 Å². The first-order valence-corrected chi connectivity index (χ1v) is 9.41. The molecule has 0 saturated carbocycles. The Labute approximate surface area is 157 Å². The quantitative estimate of drug-likeness (QED) is 0.541. The molecule has 1 atom stereocenters. The van der Waals surface area contributed by atoms with Gasteiger partial charge in [-0.1, -0.05) is 44.2 Å². The number of carbonyl (C=O) groups excluding carboxylic acids is 2. The van der Waals surface area contributed by atoms with Crippen LogP contribution in [0.5, 0.6) is 0 Å². The van der Waals surface area contributed by atoms with E-state index in [4.69, 9.17) is 4.74 Å². The zero-order valence-electron chi connectivity index (χ0n) is 14.8. The van der Waals surface area contributed by atoms with Gasteiger partial charge in [0.25, 0.3) is 5.91 Å². The lowest BCUT2D eigenvalue weighted by molar-refractivity contribution is -0.144. The number of hydrogen-bond acceptors (Lipinski definition) is 4. The molecule has 0 aliphatic carbocycles. The zero-order valence-corrected chi connectivity index (χ0v) is 15.6. The van der Waals surface area contributed by atoms with Crippen molar-refractivity contribution in [1.82, 2.24) is 0 Å². The molecule has 1 N–H and O–H groups in total. The predicted molar refractivity (Wildman–Crippen MR) is 102 cm³/mol. The van der Waals surface area contributed by atoms with Crippen molar-refractivity contribution in [3.8, 4) is 0 Å². The maximum Gasteiger partial charge on any atom is 0.316 e. The zero-order chi connectivity index (χ0) is 18.9. The van der Waals surface area contributed by atoms with Crippen LogP contribution in [0, 0.1) is 5.82 Å². The van der Waals surface area contributed by atoms with Gasteiger partial charge in [-0.3, -0.25) is 9.59 Å². The van der Waals surface area contributed by atoms with Crippen LogP contribution >= 0.6 is 11.8 Å². The first-order valence-electron chi connectivity index (χ1n) is 8.43. The fraction of sp³-hybridized carbons (Fsp3) is 0.300. The molecule has 0 spiro atoms. The van der Waals surface area contributed by atoms with Gasteiger partial charge >= 0.3 is 5.97 Å². The highest BCUT2D eigenvalue weighted by molar-refractivity contribution is 8.00. The second kappa shape index (κ2) is 9.97. The van der Waals surface area contributed by atoms with Crippen LogP contribution in [0.15, 0.2) is 53.4 Å². The lowest BCUT2D eigenvalue weighted by atomic mass is 9.97. The minimum Gasteiger partial charge on any atom is -0.455 e. The highest BCUT2D eigenvalue weighted by Gasteiger charge is 2.13. The predicted octanol–water partition coefficient (Wildman–Crippen LogP) is 4.61. The lowest BCUT2D eigenvalue weighted by Gasteiger charge is -2.15. The number of esters is 1. The van der Waals surface area contributed by atoms with E-state index in [1.54, 1.807) is 18.2 Å². The van der Waals surface area contributed by atoms with Gasteiger partial charge in [0.15, 0.2) is 6.61 Å². The molecular weight excluding hydrogens is 353 g/mol. The van der Waals surface area contributed by atoms with Gasteiger partial charge in [-0.15, -0.1) is 11.8 Å². The van der Waals surface area contributed by atoms with Crippen LogP contribution in [0.2, 0.25) is 0 Å². The fourth-order valence-electron chi connectivity index (χ4n) is 2.33. The van der Waals surface area contributed by atoms with E-state index in [1.807, 2.05) is 24.3 Å². The molecule has 0 bridgehead atoms. The van der Waals surface area contributed by atoms with Gasteiger partial charge in [-0.25, -0.2) is 4.39 Å². The molecule has 1 amide bonds. The van der Waals surface area contributed by atoms with Crippen LogP contribution in [-0.2, 0) is 14.3 Å². The highest BCUT2D eigenvalue weighted by atomic mass is 32.2. The Morgan fingerprint density at radius 1 is 1.15 bits per heavy atom. The third-order valence-corrected chi connectivity index (χ3v) is 4.95. The number of hydrogen-bond donors (Lipinski definition) is 1. The van der Waals surface area contributed by atoms with Crippen molar-refractivity contribution in [1.29, 1.82) is 0 Å². The van der Waals surface area contributed by atoms with Crippen molar-refractivity contribution in [2.45, 2.75) is 31.1 Å². The van der Waals surface area contributed by atoms with Crippen molar-refractivity contribution >= 4 is 29.3 Å². The van der Waals surface area contributed by atoms with E-state index in [-0.39, 0.29) is 18.2 Å². The number of ether oxygens (including phenoxy) is 1. The molecule has 2 aromatic rings. The maximum atomic E-state index is 13.5. The molecule has 138 valence electrons. The van der Waals surface area contributed by atoms with Gasteiger partial charge in [0.2, 0.25) is 0 Å². The SMILES string of the molecule is CC[C@@H](C)c1ccccc1NC(=O)COC(=O)CSc1ccccc1F. The molecule has 0 saturated heterocycles. The molecule has 0 aliphatic rings. The molecular formula is C20H22FNO3S. The molecule has 0 heterocycles.